The Morgan fingerprint density at radius 3 is 2.00 bits per heavy atom. The highest BCUT2D eigenvalue weighted by Crippen LogP contribution is 2.15. The van der Waals surface area contributed by atoms with Crippen LogP contribution in [0.3, 0.4) is 0 Å². The molecular formula is C8H14O3. The van der Waals surface area contributed by atoms with Crippen LogP contribution in [0.2, 0.25) is 0 Å². The van der Waals surface area contributed by atoms with Crippen molar-refractivity contribution in [1.82, 2.24) is 0 Å². The number of carbonyl (C=O) groups is 2. The van der Waals surface area contributed by atoms with Crippen molar-refractivity contribution in [3.8, 4) is 0 Å². The quantitative estimate of drug-likeness (QED) is 0.610. The molecule has 0 aromatic heterocycles. The predicted octanol–water partition coefficient (Wildman–Crippen LogP) is 0.553. The SMILES string of the molecule is CC(C)(C)C(=O)C(=O)CCO. The van der Waals surface area contributed by atoms with Gasteiger partial charge in [-0.2, -0.15) is 0 Å². The smallest absolute Gasteiger partial charge is 0.203 e. The third-order valence-corrected chi connectivity index (χ3v) is 1.27. The molecule has 1 N–H and O–H groups in total. The number of aliphatic hydroxyl groups excluding tert-OH is 1. The lowest BCUT2D eigenvalue weighted by atomic mass is 9.87. The molecule has 0 aliphatic carbocycles. The van der Waals surface area contributed by atoms with Crippen molar-refractivity contribution in [2.24, 2.45) is 5.41 Å². The minimum atomic E-state index is -0.619. The van der Waals surface area contributed by atoms with Gasteiger partial charge in [-0.3, -0.25) is 9.59 Å². The monoisotopic (exact) mass is 158 g/mol. The lowest BCUT2D eigenvalue weighted by Gasteiger charge is -2.14. The van der Waals surface area contributed by atoms with E-state index >= 15 is 0 Å². The molecule has 0 saturated carbocycles. The highest BCUT2D eigenvalue weighted by molar-refractivity contribution is 6.38. The molecule has 0 aliphatic rings. The highest BCUT2D eigenvalue weighted by Gasteiger charge is 2.26. The van der Waals surface area contributed by atoms with Crippen LogP contribution in [0.1, 0.15) is 27.2 Å². The predicted molar refractivity (Wildman–Crippen MR) is 41.2 cm³/mol. The molecule has 0 radical (unpaired) electrons. The molecule has 0 aromatic rings. The Kier molecular flexibility index (Phi) is 3.39. The number of hydrogen-bond acceptors (Lipinski definition) is 3. The van der Waals surface area contributed by atoms with Crippen LogP contribution in [0, 0.1) is 5.41 Å². The molecule has 11 heavy (non-hydrogen) atoms. The Hall–Kier alpha value is -0.700. The number of rotatable bonds is 3. The van der Waals surface area contributed by atoms with Crippen LogP contribution in [0.15, 0.2) is 0 Å². The van der Waals surface area contributed by atoms with Crippen LogP contribution >= 0.6 is 0 Å². The summed E-state index contributed by atoms with van der Waals surface area (Å²) in [6.45, 7) is 4.81. The molecule has 0 spiro atoms. The van der Waals surface area contributed by atoms with E-state index in [4.69, 9.17) is 5.11 Å². The van der Waals surface area contributed by atoms with Gasteiger partial charge in [0, 0.05) is 11.8 Å². The molecule has 0 unspecified atom stereocenters. The van der Waals surface area contributed by atoms with Gasteiger partial charge >= 0.3 is 0 Å². The Morgan fingerprint density at radius 2 is 1.73 bits per heavy atom. The number of hydrogen-bond donors (Lipinski definition) is 1. The zero-order valence-corrected chi connectivity index (χ0v) is 7.18. The average molecular weight is 158 g/mol. The zero-order chi connectivity index (χ0) is 9.07. The molecule has 0 atom stereocenters. The fourth-order valence-corrected chi connectivity index (χ4v) is 0.633. The van der Waals surface area contributed by atoms with Gasteiger partial charge in [0.1, 0.15) is 0 Å². The first-order chi connectivity index (χ1) is 4.89. The van der Waals surface area contributed by atoms with E-state index in [0.29, 0.717) is 0 Å². The van der Waals surface area contributed by atoms with Crippen LogP contribution < -0.4 is 0 Å². The number of Topliss-reactive ketones (excluding diaryl/α,β-unsaturated/α-hetero) is 2. The molecule has 64 valence electrons. The van der Waals surface area contributed by atoms with E-state index in [1.807, 2.05) is 0 Å². The number of aliphatic hydroxyl groups is 1. The van der Waals surface area contributed by atoms with Gasteiger partial charge in [-0.15, -0.1) is 0 Å². The summed E-state index contributed by atoms with van der Waals surface area (Å²) in [4.78, 5) is 22.0. The van der Waals surface area contributed by atoms with Crippen molar-refractivity contribution < 1.29 is 14.7 Å². The van der Waals surface area contributed by atoms with Gasteiger partial charge in [0.25, 0.3) is 0 Å². The van der Waals surface area contributed by atoms with Gasteiger partial charge in [-0.25, -0.2) is 0 Å². The fraction of sp³-hybridized carbons (Fsp3) is 0.750. The van der Waals surface area contributed by atoms with E-state index in [1.54, 1.807) is 20.8 Å². The second-order valence-corrected chi connectivity index (χ2v) is 3.48. The molecular weight excluding hydrogens is 144 g/mol. The van der Waals surface area contributed by atoms with Crippen molar-refractivity contribution in [3.05, 3.63) is 0 Å². The molecule has 3 nitrogen and oxygen atoms in total. The summed E-state index contributed by atoms with van der Waals surface area (Å²) in [7, 11) is 0. The minimum Gasteiger partial charge on any atom is -0.396 e. The van der Waals surface area contributed by atoms with Crippen molar-refractivity contribution in [3.63, 3.8) is 0 Å². The first-order valence-corrected chi connectivity index (χ1v) is 3.58. The third kappa shape index (κ3) is 3.28. The molecule has 0 bridgehead atoms. The molecule has 0 rings (SSSR count). The second kappa shape index (κ2) is 3.62. The molecule has 0 aliphatic heterocycles. The van der Waals surface area contributed by atoms with E-state index in [-0.39, 0.29) is 13.0 Å². The summed E-state index contributed by atoms with van der Waals surface area (Å²) >= 11 is 0. The molecule has 0 amide bonds. The van der Waals surface area contributed by atoms with Crippen molar-refractivity contribution in [2.45, 2.75) is 27.2 Å². The van der Waals surface area contributed by atoms with Crippen molar-refractivity contribution >= 4 is 11.6 Å². The first kappa shape index (κ1) is 10.3. The molecule has 0 saturated heterocycles. The summed E-state index contributed by atoms with van der Waals surface area (Å²) in [5, 5.41) is 8.38. The lowest BCUT2D eigenvalue weighted by molar-refractivity contribution is -0.141. The standard InChI is InChI=1S/C8H14O3/c1-8(2,3)7(11)6(10)4-5-9/h9H,4-5H2,1-3H3. The van der Waals surface area contributed by atoms with Crippen LogP contribution in [0.25, 0.3) is 0 Å². The van der Waals surface area contributed by atoms with E-state index in [9.17, 15) is 9.59 Å². The minimum absolute atomic E-state index is 0.0594. The fourth-order valence-electron chi connectivity index (χ4n) is 0.633. The topological polar surface area (TPSA) is 54.4 Å². The number of ketones is 2. The van der Waals surface area contributed by atoms with Gasteiger partial charge in [-0.1, -0.05) is 20.8 Å². The maximum atomic E-state index is 11.1. The largest absolute Gasteiger partial charge is 0.396 e. The van der Waals surface area contributed by atoms with E-state index in [2.05, 4.69) is 0 Å². The summed E-state index contributed by atoms with van der Waals surface area (Å²) < 4.78 is 0. The van der Waals surface area contributed by atoms with Gasteiger partial charge in [0.2, 0.25) is 11.6 Å². The molecule has 3 heteroatoms. The molecule has 0 fully saturated rings. The maximum absolute atomic E-state index is 11.1. The zero-order valence-electron chi connectivity index (χ0n) is 7.18. The first-order valence-electron chi connectivity index (χ1n) is 3.58. The molecule has 0 heterocycles. The van der Waals surface area contributed by atoms with Crippen LogP contribution in [-0.4, -0.2) is 23.3 Å². The van der Waals surface area contributed by atoms with Gasteiger partial charge in [-0.05, 0) is 0 Å². The summed E-state index contributed by atoms with van der Waals surface area (Å²) in [5.74, 6) is -0.897. The van der Waals surface area contributed by atoms with Crippen molar-refractivity contribution in [1.29, 1.82) is 0 Å². The van der Waals surface area contributed by atoms with Crippen molar-refractivity contribution in [2.75, 3.05) is 6.61 Å². The van der Waals surface area contributed by atoms with E-state index < -0.39 is 17.0 Å². The van der Waals surface area contributed by atoms with E-state index in [1.165, 1.54) is 0 Å². The van der Waals surface area contributed by atoms with Gasteiger partial charge in [0.05, 0.1) is 6.61 Å². The average Bonchev–Trinajstić information content (AvgIpc) is 1.85. The van der Waals surface area contributed by atoms with Crippen LogP contribution in [0.5, 0.6) is 0 Å². The highest BCUT2D eigenvalue weighted by atomic mass is 16.3. The Morgan fingerprint density at radius 1 is 1.27 bits per heavy atom. The third-order valence-electron chi connectivity index (χ3n) is 1.27. The van der Waals surface area contributed by atoms with Gasteiger partial charge in [0.15, 0.2) is 0 Å². The molecule has 0 aromatic carbocycles. The number of carbonyl (C=O) groups excluding carboxylic acids is 2. The second-order valence-electron chi connectivity index (χ2n) is 3.48. The Balaban J connectivity index is 4.15. The Bertz CT molecular complexity index is 165. The summed E-state index contributed by atoms with van der Waals surface area (Å²) in [6, 6.07) is 0. The van der Waals surface area contributed by atoms with Crippen LogP contribution in [0.4, 0.5) is 0 Å². The van der Waals surface area contributed by atoms with E-state index in [0.717, 1.165) is 0 Å². The van der Waals surface area contributed by atoms with Gasteiger partial charge < -0.3 is 5.11 Å². The Labute approximate surface area is 66.4 Å². The lowest BCUT2D eigenvalue weighted by Crippen LogP contribution is -2.28. The maximum Gasteiger partial charge on any atom is 0.203 e. The summed E-state index contributed by atoms with van der Waals surface area (Å²) in [5.41, 5.74) is -0.619. The van der Waals surface area contributed by atoms with Crippen LogP contribution in [-0.2, 0) is 9.59 Å². The summed E-state index contributed by atoms with van der Waals surface area (Å²) in [6.07, 6.45) is -0.0594. The normalized spacial score (nSPS) is 11.3.